The van der Waals surface area contributed by atoms with Crippen LogP contribution in [0, 0.1) is 12.7 Å². The monoisotopic (exact) mass is 407 g/mol. The maximum Gasteiger partial charge on any atom is 0.253 e. The average molecular weight is 407 g/mol. The summed E-state index contributed by atoms with van der Waals surface area (Å²) in [5, 5.41) is 0. The number of carbonyl (C=O) groups is 2. The van der Waals surface area contributed by atoms with Gasteiger partial charge in [-0.3, -0.25) is 20.4 Å². The van der Waals surface area contributed by atoms with Crippen LogP contribution in [0.4, 0.5) is 4.39 Å². The number of likely N-dealkylation sites (N-methyl/N-ethyl adjacent to an activating group) is 1. The normalized spacial score (nSPS) is 11.3. The van der Waals surface area contributed by atoms with Gasteiger partial charge in [-0.1, -0.05) is 35.9 Å². The summed E-state index contributed by atoms with van der Waals surface area (Å²) < 4.78 is 39.3. The third kappa shape index (κ3) is 5.86. The minimum Gasteiger partial charge on any atom is -0.273 e. The van der Waals surface area contributed by atoms with Crippen molar-refractivity contribution in [3.8, 4) is 0 Å². The number of nitrogens with one attached hydrogen (secondary N) is 2. The van der Waals surface area contributed by atoms with Gasteiger partial charge in [0.1, 0.15) is 5.82 Å². The molecule has 0 radical (unpaired) electrons. The summed E-state index contributed by atoms with van der Waals surface area (Å²) in [6, 6.07) is 12.4. The Morgan fingerprint density at radius 1 is 1.00 bits per heavy atom. The number of amides is 2. The first-order valence-electron chi connectivity index (χ1n) is 8.54. The minimum atomic E-state index is -3.82. The molecule has 0 saturated heterocycles. The summed E-state index contributed by atoms with van der Waals surface area (Å²) in [7, 11) is -2.55. The van der Waals surface area contributed by atoms with Crippen LogP contribution in [0.2, 0.25) is 0 Å². The summed E-state index contributed by atoms with van der Waals surface area (Å²) in [6.45, 7) is 1.37. The lowest BCUT2D eigenvalue weighted by Crippen LogP contribution is -2.46. The number of carbonyl (C=O) groups excluding carboxylic acids is 2. The highest BCUT2D eigenvalue weighted by Gasteiger charge is 2.23. The lowest BCUT2D eigenvalue weighted by Gasteiger charge is -2.17. The first-order chi connectivity index (χ1) is 13.2. The van der Waals surface area contributed by atoms with Crippen LogP contribution in [-0.2, 0) is 26.0 Å². The Morgan fingerprint density at radius 2 is 1.61 bits per heavy atom. The van der Waals surface area contributed by atoms with Crippen molar-refractivity contribution in [3.05, 3.63) is 65.5 Å². The van der Waals surface area contributed by atoms with Gasteiger partial charge < -0.3 is 0 Å². The van der Waals surface area contributed by atoms with Gasteiger partial charge in [0.15, 0.2) is 0 Å². The molecule has 0 saturated carbocycles. The Kier molecular flexibility index (Phi) is 7.24. The molecule has 0 bridgehead atoms. The van der Waals surface area contributed by atoms with Crippen molar-refractivity contribution in [2.45, 2.75) is 24.7 Å². The molecule has 2 aromatic carbocycles. The quantitative estimate of drug-likeness (QED) is 0.681. The number of nitrogens with zero attached hydrogens (tertiary/aromatic N) is 1. The van der Waals surface area contributed by atoms with Gasteiger partial charge in [0.05, 0.1) is 11.4 Å². The maximum absolute atomic E-state index is 13.5. The summed E-state index contributed by atoms with van der Waals surface area (Å²) >= 11 is 0. The predicted octanol–water partition coefficient (Wildman–Crippen LogP) is 1.53. The Labute approximate surface area is 163 Å². The summed E-state index contributed by atoms with van der Waals surface area (Å²) in [6.07, 6.45) is 0.148. The summed E-state index contributed by atoms with van der Waals surface area (Å²) in [4.78, 5) is 23.8. The van der Waals surface area contributed by atoms with E-state index in [9.17, 15) is 22.4 Å². The largest absolute Gasteiger partial charge is 0.273 e. The first kappa shape index (κ1) is 21.5. The maximum atomic E-state index is 13.5. The molecular formula is C19H22FN3O4S. The van der Waals surface area contributed by atoms with Crippen molar-refractivity contribution in [2.75, 3.05) is 13.6 Å². The van der Waals surface area contributed by atoms with Crippen molar-refractivity contribution in [1.29, 1.82) is 0 Å². The fourth-order valence-corrected chi connectivity index (χ4v) is 3.50. The van der Waals surface area contributed by atoms with Crippen LogP contribution < -0.4 is 10.9 Å². The molecule has 0 spiro atoms. The third-order valence-electron chi connectivity index (χ3n) is 4.02. The van der Waals surface area contributed by atoms with E-state index in [0.717, 1.165) is 9.87 Å². The van der Waals surface area contributed by atoms with Crippen molar-refractivity contribution in [2.24, 2.45) is 0 Å². The predicted molar refractivity (Wildman–Crippen MR) is 102 cm³/mol. The van der Waals surface area contributed by atoms with E-state index in [0.29, 0.717) is 5.56 Å². The van der Waals surface area contributed by atoms with Crippen LogP contribution in [-0.4, -0.2) is 38.1 Å². The van der Waals surface area contributed by atoms with Crippen LogP contribution in [0.3, 0.4) is 0 Å². The van der Waals surface area contributed by atoms with E-state index in [1.165, 1.54) is 25.2 Å². The molecule has 0 aliphatic heterocycles. The highest BCUT2D eigenvalue weighted by molar-refractivity contribution is 7.89. The van der Waals surface area contributed by atoms with Crippen LogP contribution in [0.25, 0.3) is 0 Å². The van der Waals surface area contributed by atoms with E-state index in [1.807, 2.05) is 6.92 Å². The molecule has 150 valence electrons. The van der Waals surface area contributed by atoms with Crippen LogP contribution in [0.1, 0.15) is 17.5 Å². The Bertz CT molecular complexity index is 946. The molecule has 2 N–H and O–H groups in total. The van der Waals surface area contributed by atoms with Crippen LogP contribution >= 0.6 is 0 Å². The van der Waals surface area contributed by atoms with Gasteiger partial charge in [0, 0.05) is 13.5 Å². The number of hydrogen-bond donors (Lipinski definition) is 2. The lowest BCUT2D eigenvalue weighted by atomic mass is 10.1. The van der Waals surface area contributed by atoms with E-state index >= 15 is 0 Å². The van der Waals surface area contributed by atoms with Gasteiger partial charge in [0.2, 0.25) is 15.9 Å². The van der Waals surface area contributed by atoms with Crippen molar-refractivity contribution < 1.29 is 22.4 Å². The molecule has 2 rings (SSSR count). The highest BCUT2D eigenvalue weighted by atomic mass is 32.2. The molecule has 0 fully saturated rings. The number of sulfonamides is 1. The first-order valence-corrected chi connectivity index (χ1v) is 9.98. The number of halogens is 1. The zero-order valence-electron chi connectivity index (χ0n) is 15.6. The fourth-order valence-electron chi connectivity index (χ4n) is 2.37. The Balaban J connectivity index is 1.82. The molecule has 0 unspecified atom stereocenters. The average Bonchev–Trinajstić information content (AvgIpc) is 2.66. The summed E-state index contributed by atoms with van der Waals surface area (Å²) in [5.74, 6) is -1.61. The molecule has 7 nitrogen and oxygen atoms in total. The van der Waals surface area contributed by atoms with Gasteiger partial charge >= 0.3 is 0 Å². The van der Waals surface area contributed by atoms with Crippen molar-refractivity contribution in [1.82, 2.24) is 15.2 Å². The molecule has 28 heavy (non-hydrogen) atoms. The summed E-state index contributed by atoms with van der Waals surface area (Å²) in [5.41, 5.74) is 5.66. The molecule has 0 atom stereocenters. The van der Waals surface area contributed by atoms with E-state index in [2.05, 4.69) is 10.9 Å². The van der Waals surface area contributed by atoms with Crippen LogP contribution in [0.5, 0.6) is 0 Å². The topological polar surface area (TPSA) is 95.6 Å². The fraction of sp³-hybridized carbons (Fsp3) is 0.263. The van der Waals surface area contributed by atoms with Crippen molar-refractivity contribution in [3.63, 3.8) is 0 Å². The number of hydrazine groups is 1. The van der Waals surface area contributed by atoms with Gasteiger partial charge in [-0.15, -0.1) is 0 Å². The molecule has 0 aliphatic rings. The van der Waals surface area contributed by atoms with E-state index in [-0.39, 0.29) is 17.7 Å². The zero-order chi connectivity index (χ0) is 20.7. The van der Waals surface area contributed by atoms with Gasteiger partial charge in [-0.2, -0.15) is 4.31 Å². The molecule has 9 heteroatoms. The van der Waals surface area contributed by atoms with Gasteiger partial charge in [0.25, 0.3) is 5.91 Å². The van der Waals surface area contributed by atoms with Gasteiger partial charge in [-0.25, -0.2) is 12.8 Å². The molecule has 2 amide bonds. The Hall–Kier alpha value is -2.78. The molecule has 0 aliphatic carbocycles. The zero-order valence-corrected chi connectivity index (χ0v) is 16.4. The second kappa shape index (κ2) is 9.43. The lowest BCUT2D eigenvalue weighted by molar-refractivity contribution is -0.128. The molecular weight excluding hydrogens is 385 g/mol. The minimum absolute atomic E-state index is 0.0290. The third-order valence-corrected chi connectivity index (χ3v) is 5.83. The van der Waals surface area contributed by atoms with Gasteiger partial charge in [-0.05, 0) is 37.1 Å². The van der Waals surface area contributed by atoms with Crippen LogP contribution in [0.15, 0.2) is 53.4 Å². The number of hydrogen-bond acceptors (Lipinski definition) is 4. The van der Waals surface area contributed by atoms with E-state index in [1.54, 1.807) is 30.3 Å². The number of aryl methyl sites for hydroxylation is 2. The molecule has 2 aromatic rings. The van der Waals surface area contributed by atoms with E-state index in [4.69, 9.17) is 0 Å². The second-order valence-corrected chi connectivity index (χ2v) is 8.31. The Morgan fingerprint density at radius 3 is 2.25 bits per heavy atom. The highest BCUT2D eigenvalue weighted by Crippen LogP contribution is 2.14. The smallest absolute Gasteiger partial charge is 0.253 e. The SMILES string of the molecule is Cc1ccc(S(=O)(=O)N(C)CC(=O)NNC(=O)CCc2ccccc2F)cc1. The molecule has 0 heterocycles. The van der Waals surface area contributed by atoms with Crippen molar-refractivity contribution >= 4 is 21.8 Å². The number of benzene rings is 2. The molecule has 0 aromatic heterocycles. The number of rotatable bonds is 7. The van der Waals surface area contributed by atoms with E-state index < -0.39 is 34.2 Å². The second-order valence-electron chi connectivity index (χ2n) is 6.26. The standard InChI is InChI=1S/C19H22FN3O4S/c1-14-7-10-16(11-8-14)28(26,27)23(2)13-19(25)22-21-18(24)12-9-15-5-3-4-6-17(15)20/h3-8,10-11H,9,12-13H2,1-2H3,(H,21,24)(H,22,25).